The first kappa shape index (κ1) is 14.6. The summed E-state index contributed by atoms with van der Waals surface area (Å²) in [5.74, 6) is 0.537. The monoisotopic (exact) mass is 274 g/mol. The van der Waals surface area contributed by atoms with Crippen LogP contribution in [-0.2, 0) is 4.79 Å². The second-order valence-corrected chi connectivity index (χ2v) is 5.18. The van der Waals surface area contributed by atoms with E-state index in [0.717, 1.165) is 29.9 Å². The van der Waals surface area contributed by atoms with Crippen LogP contribution in [0.5, 0.6) is 5.75 Å². The Morgan fingerprint density at radius 1 is 1.20 bits per heavy atom. The molecule has 1 aliphatic rings. The van der Waals surface area contributed by atoms with Gasteiger partial charge in [0.05, 0.1) is 0 Å². The number of benzene rings is 1. The number of carbonyl (C=O) groups excluding carboxylic acids is 1. The predicted octanol–water partition coefficient (Wildman–Crippen LogP) is 3.20. The van der Waals surface area contributed by atoms with Crippen LogP contribution in [0.1, 0.15) is 44.1 Å². The number of hydrazone groups is 1. The van der Waals surface area contributed by atoms with Gasteiger partial charge in [0.2, 0.25) is 0 Å². The number of carbonyl (C=O) groups is 1. The fraction of sp³-hybridized carbons (Fsp3) is 0.500. The third-order valence-electron chi connectivity index (χ3n) is 3.47. The third kappa shape index (κ3) is 4.68. The van der Waals surface area contributed by atoms with E-state index in [2.05, 4.69) is 10.5 Å². The van der Waals surface area contributed by atoms with Gasteiger partial charge in [-0.15, -0.1) is 0 Å². The Kier molecular flexibility index (Phi) is 5.59. The van der Waals surface area contributed by atoms with Crippen LogP contribution in [0.2, 0.25) is 0 Å². The molecule has 4 nitrogen and oxygen atoms in total. The first-order valence-corrected chi connectivity index (χ1v) is 7.28. The zero-order valence-corrected chi connectivity index (χ0v) is 12.0. The highest BCUT2D eigenvalue weighted by molar-refractivity contribution is 5.86. The van der Waals surface area contributed by atoms with Gasteiger partial charge in [-0.3, -0.25) is 4.79 Å². The van der Waals surface area contributed by atoms with Crippen molar-refractivity contribution in [1.29, 1.82) is 0 Å². The Balaban J connectivity index is 1.78. The van der Waals surface area contributed by atoms with Crippen LogP contribution in [0.25, 0.3) is 0 Å². The van der Waals surface area contributed by atoms with E-state index < -0.39 is 0 Å². The number of ether oxygens (including phenoxy) is 1. The molecule has 1 aromatic rings. The maximum Gasteiger partial charge on any atom is 0.277 e. The molecule has 0 atom stereocenters. The molecule has 1 N–H and O–H groups in total. The van der Waals surface area contributed by atoms with Crippen LogP contribution in [0.15, 0.2) is 29.4 Å². The molecule has 1 fully saturated rings. The van der Waals surface area contributed by atoms with Gasteiger partial charge in [0, 0.05) is 5.71 Å². The first-order chi connectivity index (χ1) is 9.75. The van der Waals surface area contributed by atoms with Crippen molar-refractivity contribution in [3.63, 3.8) is 0 Å². The molecule has 0 radical (unpaired) electrons. The van der Waals surface area contributed by atoms with Crippen molar-refractivity contribution < 1.29 is 9.53 Å². The number of para-hydroxylation sites is 1. The van der Waals surface area contributed by atoms with Crippen LogP contribution < -0.4 is 10.2 Å². The van der Waals surface area contributed by atoms with Gasteiger partial charge in [0.15, 0.2) is 6.61 Å². The van der Waals surface area contributed by atoms with Gasteiger partial charge >= 0.3 is 0 Å². The van der Waals surface area contributed by atoms with Crippen molar-refractivity contribution in [2.24, 2.45) is 5.10 Å². The Labute approximate surface area is 120 Å². The fourth-order valence-corrected chi connectivity index (χ4v) is 2.28. The number of rotatable bonds is 4. The Hall–Kier alpha value is -1.84. The number of hydrogen-bond acceptors (Lipinski definition) is 3. The number of nitrogens with zero attached hydrogens (tertiary/aromatic N) is 1. The summed E-state index contributed by atoms with van der Waals surface area (Å²) in [6.45, 7) is 1.96. The minimum absolute atomic E-state index is 0.00162. The van der Waals surface area contributed by atoms with Crippen molar-refractivity contribution in [3.8, 4) is 5.75 Å². The summed E-state index contributed by atoms with van der Waals surface area (Å²) in [4.78, 5) is 11.7. The second kappa shape index (κ2) is 7.68. The van der Waals surface area contributed by atoms with Gasteiger partial charge in [-0.2, -0.15) is 5.10 Å². The summed E-state index contributed by atoms with van der Waals surface area (Å²) in [5, 5.41) is 4.21. The average molecular weight is 274 g/mol. The van der Waals surface area contributed by atoms with Gasteiger partial charge in [-0.1, -0.05) is 31.0 Å². The van der Waals surface area contributed by atoms with Gasteiger partial charge in [0.1, 0.15) is 5.75 Å². The van der Waals surface area contributed by atoms with Gasteiger partial charge < -0.3 is 4.74 Å². The largest absolute Gasteiger partial charge is 0.483 e. The summed E-state index contributed by atoms with van der Waals surface area (Å²) in [5.41, 5.74) is 4.72. The lowest BCUT2D eigenvalue weighted by Gasteiger charge is -2.08. The Morgan fingerprint density at radius 3 is 2.60 bits per heavy atom. The van der Waals surface area contributed by atoms with E-state index in [4.69, 9.17) is 4.74 Å². The fourth-order valence-electron chi connectivity index (χ4n) is 2.28. The van der Waals surface area contributed by atoms with E-state index >= 15 is 0 Å². The van der Waals surface area contributed by atoms with Crippen molar-refractivity contribution in [3.05, 3.63) is 29.8 Å². The minimum Gasteiger partial charge on any atom is -0.483 e. The van der Waals surface area contributed by atoms with Crippen LogP contribution >= 0.6 is 0 Å². The normalized spacial score (nSPS) is 15.3. The lowest BCUT2D eigenvalue weighted by molar-refractivity contribution is -0.123. The summed E-state index contributed by atoms with van der Waals surface area (Å²) >= 11 is 0. The van der Waals surface area contributed by atoms with Crippen LogP contribution in [0.3, 0.4) is 0 Å². The van der Waals surface area contributed by atoms with E-state index in [-0.39, 0.29) is 12.5 Å². The lowest BCUT2D eigenvalue weighted by atomic mass is 10.2. The topological polar surface area (TPSA) is 50.7 Å². The molecule has 0 heterocycles. The van der Waals surface area contributed by atoms with Crippen molar-refractivity contribution >= 4 is 11.6 Å². The molecular weight excluding hydrogens is 252 g/mol. The molecule has 0 aliphatic heterocycles. The van der Waals surface area contributed by atoms with Crippen molar-refractivity contribution in [2.75, 3.05) is 6.61 Å². The highest BCUT2D eigenvalue weighted by Gasteiger charge is 2.07. The smallest absolute Gasteiger partial charge is 0.277 e. The first-order valence-electron chi connectivity index (χ1n) is 7.28. The van der Waals surface area contributed by atoms with Crippen molar-refractivity contribution in [1.82, 2.24) is 5.43 Å². The molecular formula is C16H22N2O2. The number of amides is 1. The maximum absolute atomic E-state index is 11.7. The molecule has 0 bridgehead atoms. The summed E-state index contributed by atoms with van der Waals surface area (Å²) < 4.78 is 5.48. The highest BCUT2D eigenvalue weighted by Crippen LogP contribution is 2.16. The Bertz CT molecular complexity index is 473. The number of nitrogens with one attached hydrogen (secondary N) is 1. The number of aryl methyl sites for hydroxylation is 1. The molecule has 0 spiro atoms. The van der Waals surface area contributed by atoms with Gasteiger partial charge in [-0.05, 0) is 44.2 Å². The third-order valence-corrected chi connectivity index (χ3v) is 3.47. The predicted molar refractivity (Wildman–Crippen MR) is 80.0 cm³/mol. The standard InChI is InChI=1S/C16H22N2O2/c1-13-8-6-7-11-15(13)20-12-16(19)18-17-14-9-4-2-3-5-10-14/h6-8,11H,2-5,9-10,12H2,1H3,(H,18,19). The summed E-state index contributed by atoms with van der Waals surface area (Å²) in [6, 6.07) is 7.66. The molecule has 0 aromatic heterocycles. The highest BCUT2D eigenvalue weighted by atomic mass is 16.5. The summed E-state index contributed by atoms with van der Waals surface area (Å²) in [7, 11) is 0. The number of hydrogen-bond donors (Lipinski definition) is 1. The molecule has 108 valence electrons. The molecule has 1 aliphatic carbocycles. The molecule has 1 aromatic carbocycles. The zero-order chi connectivity index (χ0) is 14.2. The average Bonchev–Trinajstić information content (AvgIpc) is 2.73. The molecule has 0 unspecified atom stereocenters. The molecule has 0 saturated heterocycles. The van der Waals surface area contributed by atoms with E-state index in [1.165, 1.54) is 25.7 Å². The molecule has 4 heteroatoms. The minimum atomic E-state index is -0.204. The lowest BCUT2D eigenvalue weighted by Crippen LogP contribution is -2.26. The van der Waals surface area contributed by atoms with Crippen LogP contribution in [0, 0.1) is 6.92 Å². The van der Waals surface area contributed by atoms with E-state index in [0.29, 0.717) is 0 Å². The molecule has 1 amide bonds. The van der Waals surface area contributed by atoms with E-state index in [1.807, 2.05) is 31.2 Å². The van der Waals surface area contributed by atoms with Gasteiger partial charge in [0.25, 0.3) is 5.91 Å². The SMILES string of the molecule is Cc1ccccc1OCC(=O)NN=C1CCCCCC1. The second-order valence-electron chi connectivity index (χ2n) is 5.18. The van der Waals surface area contributed by atoms with Crippen LogP contribution in [-0.4, -0.2) is 18.2 Å². The van der Waals surface area contributed by atoms with Crippen molar-refractivity contribution in [2.45, 2.75) is 45.4 Å². The Morgan fingerprint density at radius 2 is 1.90 bits per heavy atom. The molecule has 1 saturated carbocycles. The van der Waals surface area contributed by atoms with Crippen LogP contribution in [0.4, 0.5) is 0 Å². The van der Waals surface area contributed by atoms with E-state index in [9.17, 15) is 4.79 Å². The van der Waals surface area contributed by atoms with E-state index in [1.54, 1.807) is 0 Å². The molecule has 20 heavy (non-hydrogen) atoms. The zero-order valence-electron chi connectivity index (χ0n) is 12.0. The maximum atomic E-state index is 11.7. The quantitative estimate of drug-likeness (QED) is 0.677. The van der Waals surface area contributed by atoms with Gasteiger partial charge in [-0.25, -0.2) is 5.43 Å². The summed E-state index contributed by atoms with van der Waals surface area (Å²) in [6.07, 6.45) is 6.88. The molecule has 2 rings (SSSR count).